The topological polar surface area (TPSA) is 26.3 Å². The Morgan fingerprint density at radius 1 is 1.54 bits per heavy atom. The zero-order chi connectivity index (χ0) is 10.3. The van der Waals surface area contributed by atoms with Crippen LogP contribution in [0.5, 0.6) is 0 Å². The number of carbonyl (C=O) groups is 1. The van der Waals surface area contributed by atoms with Gasteiger partial charge in [-0.3, -0.25) is 0 Å². The molecule has 5 heteroatoms. The lowest BCUT2D eigenvalue weighted by atomic mass is 10.5. The van der Waals surface area contributed by atoms with Crippen molar-refractivity contribution >= 4 is 41.9 Å². The van der Waals surface area contributed by atoms with Gasteiger partial charge in [0.15, 0.2) is 5.31 Å². The highest BCUT2D eigenvalue weighted by atomic mass is 79.9. The summed E-state index contributed by atoms with van der Waals surface area (Å²) in [6, 6.07) is 1.05. The van der Waals surface area contributed by atoms with Crippen LogP contribution in [0.4, 0.5) is 0 Å². The lowest BCUT2D eigenvalue weighted by Crippen LogP contribution is -2.12. The molecule has 0 radical (unpaired) electrons. The van der Waals surface area contributed by atoms with E-state index < -0.39 is 5.31 Å². The van der Waals surface area contributed by atoms with Crippen molar-refractivity contribution < 1.29 is 9.53 Å². The molecular weight excluding hydrogens is 316 g/mol. The summed E-state index contributed by atoms with van der Waals surface area (Å²) in [5.41, 5.74) is 0. The number of rotatable bonds is 5. The molecule has 0 aromatic heterocycles. The minimum Gasteiger partial charge on any atom is -0.463 e. The molecule has 0 heterocycles. The Kier molecular flexibility index (Phi) is 6.99. The number of allylic oxidation sites excluding steroid dienone is 1. The van der Waals surface area contributed by atoms with Gasteiger partial charge in [-0.2, -0.15) is 0 Å². The molecule has 76 valence electrons. The summed E-state index contributed by atoms with van der Waals surface area (Å²) >= 11 is 7.16. The number of carbonyl (C=O) groups excluding carboxylic acids is 1. The van der Waals surface area contributed by atoms with Gasteiger partial charge in [-0.15, -0.1) is 30.6 Å². The monoisotopic (exact) mass is 328 g/mol. The second-order valence-corrected chi connectivity index (χ2v) is 19.2. The van der Waals surface area contributed by atoms with E-state index in [1.165, 1.54) is 6.08 Å². The fraction of sp³-hybridized carbons (Fsp3) is 0.625. The zero-order valence-electron chi connectivity index (χ0n) is 7.85. The van der Waals surface area contributed by atoms with Crippen LogP contribution in [0.1, 0.15) is 13.3 Å². The van der Waals surface area contributed by atoms with E-state index in [1.807, 2.05) is 0 Å². The van der Waals surface area contributed by atoms with Crippen LogP contribution in [0.25, 0.3) is 0 Å². The van der Waals surface area contributed by atoms with Crippen molar-refractivity contribution in [2.75, 3.05) is 6.61 Å². The van der Waals surface area contributed by atoms with Crippen LogP contribution >= 0.6 is 30.6 Å². The van der Waals surface area contributed by atoms with Crippen molar-refractivity contribution in [3.8, 4) is 0 Å². The average Bonchev–Trinajstić information content (AvgIpc) is 1.97. The fourth-order valence-corrected chi connectivity index (χ4v) is 3.19. The van der Waals surface area contributed by atoms with Gasteiger partial charge < -0.3 is 4.74 Å². The summed E-state index contributed by atoms with van der Waals surface area (Å²) in [6.07, 6.45) is 4.01. The highest BCUT2D eigenvalue weighted by Gasteiger charge is 2.17. The maximum absolute atomic E-state index is 10.8. The lowest BCUT2D eigenvalue weighted by molar-refractivity contribution is -0.137. The Morgan fingerprint density at radius 3 is 2.62 bits per heavy atom. The molecule has 0 aliphatic rings. The van der Waals surface area contributed by atoms with Crippen LogP contribution in [0.2, 0.25) is 12.6 Å². The quantitative estimate of drug-likeness (QED) is 0.254. The van der Waals surface area contributed by atoms with Gasteiger partial charge in [-0.05, 0) is 19.4 Å². The summed E-state index contributed by atoms with van der Waals surface area (Å²) < 4.78 is 4.93. The zero-order valence-corrected chi connectivity index (χ0v) is 12.0. The standard InChI is InChI=1S/C8H14Br2O2Si/c1-3-5-8(11)12-6-4-7-13(2,9)10/h3,5H,4,6-7H2,1-2H3. The Labute approximate surface area is 95.9 Å². The largest absolute Gasteiger partial charge is 0.463 e. The van der Waals surface area contributed by atoms with Gasteiger partial charge in [0.05, 0.1) is 6.61 Å². The molecule has 0 unspecified atom stereocenters. The molecule has 0 N–H and O–H groups in total. The van der Waals surface area contributed by atoms with E-state index in [-0.39, 0.29) is 5.97 Å². The Balaban J connectivity index is 3.41. The third-order valence-corrected chi connectivity index (χ3v) is 4.92. The van der Waals surface area contributed by atoms with Gasteiger partial charge in [-0.25, -0.2) is 4.79 Å². The Bertz CT molecular complexity index is 187. The van der Waals surface area contributed by atoms with Crippen molar-refractivity contribution in [2.24, 2.45) is 0 Å². The molecule has 0 aromatic rings. The van der Waals surface area contributed by atoms with Crippen molar-refractivity contribution in [1.82, 2.24) is 0 Å². The smallest absolute Gasteiger partial charge is 0.330 e. The molecule has 0 atom stereocenters. The van der Waals surface area contributed by atoms with Crippen LogP contribution in [0.15, 0.2) is 12.2 Å². The van der Waals surface area contributed by atoms with Crippen molar-refractivity contribution in [1.29, 1.82) is 0 Å². The van der Waals surface area contributed by atoms with Gasteiger partial charge in [0.1, 0.15) is 0 Å². The lowest BCUT2D eigenvalue weighted by Gasteiger charge is -2.09. The molecule has 2 nitrogen and oxygen atoms in total. The van der Waals surface area contributed by atoms with Crippen LogP contribution in [-0.4, -0.2) is 17.9 Å². The van der Waals surface area contributed by atoms with Gasteiger partial charge >= 0.3 is 5.97 Å². The first kappa shape index (κ1) is 13.4. The van der Waals surface area contributed by atoms with Gasteiger partial charge in [0.25, 0.3) is 0 Å². The molecule has 0 aromatic carbocycles. The minimum atomic E-state index is -1.33. The third-order valence-electron chi connectivity index (χ3n) is 1.31. The minimum absolute atomic E-state index is 0.255. The first-order chi connectivity index (χ1) is 5.95. The van der Waals surface area contributed by atoms with Gasteiger partial charge in [-0.1, -0.05) is 12.6 Å². The molecule has 0 amide bonds. The summed E-state index contributed by atoms with van der Waals surface area (Å²) in [5, 5.41) is -1.33. The molecule has 13 heavy (non-hydrogen) atoms. The fourth-order valence-electron chi connectivity index (χ4n) is 0.740. The number of halogens is 2. The van der Waals surface area contributed by atoms with Crippen LogP contribution in [0.3, 0.4) is 0 Å². The summed E-state index contributed by atoms with van der Waals surface area (Å²) in [5.74, 6) is -0.255. The number of esters is 1. The van der Waals surface area contributed by atoms with Crippen LogP contribution in [-0.2, 0) is 9.53 Å². The van der Waals surface area contributed by atoms with E-state index in [1.54, 1.807) is 13.0 Å². The van der Waals surface area contributed by atoms with Crippen LogP contribution in [0, 0.1) is 0 Å². The molecule has 0 rings (SSSR count). The molecule has 0 spiro atoms. The molecule has 0 bridgehead atoms. The first-order valence-corrected chi connectivity index (χ1v) is 11.3. The summed E-state index contributed by atoms with van der Waals surface area (Å²) in [6.45, 7) is 4.45. The second-order valence-electron chi connectivity index (χ2n) is 2.84. The average molecular weight is 330 g/mol. The van der Waals surface area contributed by atoms with E-state index in [0.29, 0.717) is 6.61 Å². The van der Waals surface area contributed by atoms with E-state index in [0.717, 1.165) is 12.5 Å². The van der Waals surface area contributed by atoms with Gasteiger partial charge in [0.2, 0.25) is 0 Å². The summed E-state index contributed by atoms with van der Waals surface area (Å²) in [7, 11) is 0. The van der Waals surface area contributed by atoms with Crippen molar-refractivity contribution in [3.63, 3.8) is 0 Å². The van der Waals surface area contributed by atoms with E-state index in [9.17, 15) is 4.79 Å². The molecule has 0 aliphatic carbocycles. The number of ether oxygens (including phenoxy) is 1. The molecule has 0 fully saturated rings. The van der Waals surface area contributed by atoms with E-state index >= 15 is 0 Å². The SMILES string of the molecule is CC=CC(=O)OCCC[Si](C)(Br)Br. The number of hydrogen-bond donors (Lipinski definition) is 0. The van der Waals surface area contributed by atoms with Crippen molar-refractivity contribution in [3.05, 3.63) is 12.2 Å². The predicted octanol–water partition coefficient (Wildman–Crippen LogP) is 3.36. The Hall–Kier alpha value is 0.387. The van der Waals surface area contributed by atoms with Crippen molar-refractivity contribution in [2.45, 2.75) is 25.9 Å². The van der Waals surface area contributed by atoms with E-state index in [2.05, 4.69) is 37.1 Å². The maximum atomic E-state index is 10.8. The summed E-state index contributed by atoms with van der Waals surface area (Å²) in [4.78, 5) is 10.8. The molecule has 0 saturated carbocycles. The van der Waals surface area contributed by atoms with Crippen LogP contribution < -0.4 is 0 Å². The highest BCUT2D eigenvalue weighted by Crippen LogP contribution is 2.25. The predicted molar refractivity (Wildman–Crippen MR) is 64.7 cm³/mol. The second kappa shape index (κ2) is 6.78. The Morgan fingerprint density at radius 2 is 2.15 bits per heavy atom. The third kappa shape index (κ3) is 10.3. The molecule has 0 aliphatic heterocycles. The number of hydrogen-bond acceptors (Lipinski definition) is 2. The molecular formula is C8H14Br2O2Si. The normalized spacial score (nSPS) is 12.0. The van der Waals surface area contributed by atoms with Gasteiger partial charge in [0, 0.05) is 6.08 Å². The highest BCUT2D eigenvalue weighted by molar-refractivity contribution is 9.51. The van der Waals surface area contributed by atoms with E-state index in [4.69, 9.17) is 4.74 Å². The maximum Gasteiger partial charge on any atom is 0.330 e. The first-order valence-electron chi connectivity index (χ1n) is 4.13. The molecule has 0 saturated heterocycles.